The summed E-state index contributed by atoms with van der Waals surface area (Å²) in [5, 5.41) is 6.68. The molecule has 0 aliphatic carbocycles. The van der Waals surface area contributed by atoms with Crippen molar-refractivity contribution in [1.29, 1.82) is 0 Å². The highest BCUT2D eigenvalue weighted by Gasteiger charge is 2.33. The highest BCUT2D eigenvalue weighted by atomic mass is 32.2. The number of hydrogen-bond acceptors (Lipinski definition) is 6. The van der Waals surface area contributed by atoms with Gasteiger partial charge in [-0.05, 0) is 58.1 Å². The predicted molar refractivity (Wildman–Crippen MR) is 113 cm³/mol. The Labute approximate surface area is 178 Å². The van der Waals surface area contributed by atoms with Gasteiger partial charge in [-0.15, -0.1) is 0 Å². The van der Waals surface area contributed by atoms with Gasteiger partial charge in [-0.1, -0.05) is 22.9 Å². The van der Waals surface area contributed by atoms with Gasteiger partial charge in [-0.25, -0.2) is 8.42 Å². The van der Waals surface area contributed by atoms with E-state index >= 15 is 0 Å². The summed E-state index contributed by atoms with van der Waals surface area (Å²) in [6.45, 7) is 8.64. The predicted octanol–water partition coefficient (Wildman–Crippen LogP) is 2.45. The Bertz CT molecular complexity index is 985. The van der Waals surface area contributed by atoms with Crippen molar-refractivity contribution in [3.63, 3.8) is 0 Å². The quantitative estimate of drug-likeness (QED) is 0.671. The number of aryl methyl sites for hydroxylation is 5. The van der Waals surface area contributed by atoms with Crippen LogP contribution in [0.15, 0.2) is 21.6 Å². The highest BCUT2D eigenvalue weighted by Crippen LogP contribution is 2.28. The molecule has 0 unspecified atom stereocenters. The van der Waals surface area contributed by atoms with Gasteiger partial charge in [0.2, 0.25) is 21.8 Å². The van der Waals surface area contributed by atoms with Crippen LogP contribution in [0.2, 0.25) is 0 Å². The maximum Gasteiger partial charge on any atom is 0.243 e. The lowest BCUT2D eigenvalue weighted by molar-refractivity contribution is -0.126. The standard InChI is InChI=1S/C21H30N4O4S/c1-14-12-15(2)20(16(3)13-14)30(27,28)25-10-7-18(8-11-25)21(26)22-9-5-6-19-23-17(4)24-29-19/h12-13,18H,5-11H2,1-4H3,(H,22,26). The van der Waals surface area contributed by atoms with Crippen molar-refractivity contribution >= 4 is 15.9 Å². The summed E-state index contributed by atoms with van der Waals surface area (Å²) in [5.74, 6) is 0.993. The zero-order chi connectivity index (χ0) is 21.9. The van der Waals surface area contributed by atoms with Crippen LogP contribution in [0, 0.1) is 33.6 Å². The largest absolute Gasteiger partial charge is 0.356 e. The maximum atomic E-state index is 13.2. The third-order valence-electron chi connectivity index (χ3n) is 5.46. The van der Waals surface area contributed by atoms with E-state index in [4.69, 9.17) is 4.52 Å². The van der Waals surface area contributed by atoms with Crippen LogP contribution in [-0.2, 0) is 21.2 Å². The molecule has 1 aliphatic heterocycles. The van der Waals surface area contributed by atoms with Gasteiger partial charge in [0.05, 0.1) is 4.90 Å². The van der Waals surface area contributed by atoms with Gasteiger partial charge in [0, 0.05) is 32.0 Å². The smallest absolute Gasteiger partial charge is 0.243 e. The molecular weight excluding hydrogens is 404 g/mol. The van der Waals surface area contributed by atoms with Crippen molar-refractivity contribution in [3.05, 3.63) is 40.5 Å². The molecule has 1 amide bonds. The fourth-order valence-corrected chi connectivity index (χ4v) is 5.98. The molecule has 0 saturated carbocycles. The molecule has 1 saturated heterocycles. The Balaban J connectivity index is 1.51. The summed E-state index contributed by atoms with van der Waals surface area (Å²) >= 11 is 0. The molecule has 3 rings (SSSR count). The van der Waals surface area contributed by atoms with E-state index in [9.17, 15) is 13.2 Å². The number of piperidine rings is 1. The Kier molecular flexibility index (Phi) is 6.92. The van der Waals surface area contributed by atoms with E-state index in [0.29, 0.717) is 61.9 Å². The summed E-state index contributed by atoms with van der Waals surface area (Å²) in [5.41, 5.74) is 2.58. The normalized spacial score (nSPS) is 16.0. The first-order chi connectivity index (χ1) is 14.2. The van der Waals surface area contributed by atoms with E-state index in [0.717, 1.165) is 16.7 Å². The summed E-state index contributed by atoms with van der Waals surface area (Å²) in [7, 11) is -3.56. The molecule has 0 atom stereocenters. The molecule has 164 valence electrons. The van der Waals surface area contributed by atoms with Crippen LogP contribution < -0.4 is 5.32 Å². The fourth-order valence-electron chi connectivity index (χ4n) is 4.10. The average molecular weight is 435 g/mol. The lowest BCUT2D eigenvalue weighted by atomic mass is 9.97. The van der Waals surface area contributed by atoms with Crippen molar-refractivity contribution in [2.24, 2.45) is 5.92 Å². The monoisotopic (exact) mass is 434 g/mol. The average Bonchev–Trinajstić information content (AvgIpc) is 3.09. The number of rotatable bonds is 7. The first-order valence-electron chi connectivity index (χ1n) is 10.3. The number of nitrogens with zero attached hydrogens (tertiary/aromatic N) is 3. The summed E-state index contributed by atoms with van der Waals surface area (Å²) in [6.07, 6.45) is 2.38. The molecule has 1 N–H and O–H groups in total. The number of amides is 1. The Morgan fingerprint density at radius 3 is 2.37 bits per heavy atom. The van der Waals surface area contributed by atoms with E-state index in [-0.39, 0.29) is 11.8 Å². The number of nitrogens with one attached hydrogen (secondary N) is 1. The molecule has 2 heterocycles. The van der Waals surface area contributed by atoms with E-state index in [1.54, 1.807) is 6.92 Å². The zero-order valence-corrected chi connectivity index (χ0v) is 18.9. The molecule has 0 bridgehead atoms. The summed E-state index contributed by atoms with van der Waals surface area (Å²) in [6, 6.07) is 3.80. The van der Waals surface area contributed by atoms with E-state index in [2.05, 4.69) is 15.5 Å². The molecule has 1 aromatic carbocycles. The molecule has 30 heavy (non-hydrogen) atoms. The molecule has 0 radical (unpaired) electrons. The first-order valence-corrected chi connectivity index (χ1v) is 11.8. The minimum absolute atomic E-state index is 0.0172. The second-order valence-electron chi connectivity index (χ2n) is 8.04. The van der Waals surface area contributed by atoms with E-state index < -0.39 is 10.0 Å². The van der Waals surface area contributed by atoms with E-state index in [1.807, 2.05) is 32.9 Å². The van der Waals surface area contributed by atoms with Gasteiger partial charge in [-0.2, -0.15) is 9.29 Å². The Hall–Kier alpha value is -2.26. The van der Waals surface area contributed by atoms with Gasteiger partial charge >= 0.3 is 0 Å². The van der Waals surface area contributed by atoms with Gasteiger partial charge in [-0.3, -0.25) is 4.79 Å². The minimum Gasteiger partial charge on any atom is -0.356 e. The van der Waals surface area contributed by atoms with E-state index in [1.165, 1.54) is 4.31 Å². The van der Waals surface area contributed by atoms with Crippen molar-refractivity contribution in [2.45, 2.75) is 58.3 Å². The Morgan fingerprint density at radius 2 is 1.80 bits per heavy atom. The number of aromatic nitrogens is 2. The van der Waals surface area contributed by atoms with Gasteiger partial charge in [0.25, 0.3) is 0 Å². The SMILES string of the molecule is Cc1cc(C)c(S(=O)(=O)N2CCC(C(=O)NCCCc3nc(C)no3)CC2)c(C)c1. The van der Waals surface area contributed by atoms with Crippen LogP contribution in [0.3, 0.4) is 0 Å². The first kappa shape index (κ1) is 22.4. The van der Waals surface area contributed by atoms with Crippen LogP contribution >= 0.6 is 0 Å². The molecule has 1 aromatic heterocycles. The van der Waals surface area contributed by atoms with Crippen LogP contribution in [0.5, 0.6) is 0 Å². The maximum absolute atomic E-state index is 13.2. The lowest BCUT2D eigenvalue weighted by Gasteiger charge is -2.31. The number of carbonyl (C=O) groups excluding carboxylic acids is 1. The van der Waals surface area contributed by atoms with Crippen LogP contribution in [0.4, 0.5) is 0 Å². The zero-order valence-electron chi connectivity index (χ0n) is 18.1. The summed E-state index contributed by atoms with van der Waals surface area (Å²) in [4.78, 5) is 17.0. The molecule has 1 aliphatic rings. The van der Waals surface area contributed by atoms with Crippen LogP contribution in [0.1, 0.15) is 47.7 Å². The molecule has 8 nitrogen and oxygen atoms in total. The fraction of sp³-hybridized carbons (Fsp3) is 0.571. The molecule has 0 spiro atoms. The van der Waals surface area contributed by atoms with Crippen LogP contribution in [-0.4, -0.2) is 48.4 Å². The number of hydrogen-bond donors (Lipinski definition) is 1. The minimum atomic E-state index is -3.56. The van der Waals surface area contributed by atoms with Gasteiger partial charge in [0.1, 0.15) is 0 Å². The third kappa shape index (κ3) is 5.07. The van der Waals surface area contributed by atoms with Gasteiger partial charge < -0.3 is 9.84 Å². The topological polar surface area (TPSA) is 105 Å². The van der Waals surface area contributed by atoms with Crippen molar-refractivity contribution in [3.8, 4) is 0 Å². The second-order valence-corrected chi connectivity index (χ2v) is 9.91. The van der Waals surface area contributed by atoms with Crippen molar-refractivity contribution < 1.29 is 17.7 Å². The number of benzene rings is 1. The molecular formula is C21H30N4O4S. The Morgan fingerprint density at radius 1 is 1.17 bits per heavy atom. The lowest BCUT2D eigenvalue weighted by Crippen LogP contribution is -2.43. The van der Waals surface area contributed by atoms with Gasteiger partial charge in [0.15, 0.2) is 5.82 Å². The summed E-state index contributed by atoms with van der Waals surface area (Å²) < 4.78 is 32.9. The third-order valence-corrected chi connectivity index (χ3v) is 7.67. The van der Waals surface area contributed by atoms with Crippen molar-refractivity contribution in [2.75, 3.05) is 19.6 Å². The molecule has 9 heteroatoms. The highest BCUT2D eigenvalue weighted by molar-refractivity contribution is 7.89. The molecule has 2 aromatic rings. The second kappa shape index (κ2) is 9.26. The molecule has 1 fully saturated rings. The number of sulfonamides is 1. The number of carbonyl (C=O) groups is 1. The van der Waals surface area contributed by atoms with Crippen molar-refractivity contribution in [1.82, 2.24) is 19.8 Å². The van der Waals surface area contributed by atoms with Crippen LogP contribution in [0.25, 0.3) is 0 Å².